The molecule has 0 spiro atoms. The van der Waals surface area contributed by atoms with Crippen molar-refractivity contribution in [3.05, 3.63) is 0 Å². The van der Waals surface area contributed by atoms with Crippen molar-refractivity contribution in [3.8, 4) is 0 Å². The van der Waals surface area contributed by atoms with Crippen molar-refractivity contribution in [3.63, 3.8) is 0 Å². The lowest BCUT2D eigenvalue weighted by molar-refractivity contribution is 0.555. The van der Waals surface area contributed by atoms with E-state index in [1.807, 2.05) is 0 Å². The number of alkyl halides is 1. The molecule has 0 bridgehead atoms. The Morgan fingerprint density at radius 2 is 1.57 bits per heavy atom. The predicted octanol–water partition coefficient (Wildman–Crippen LogP) is 5.14. The van der Waals surface area contributed by atoms with Crippen LogP contribution in [0.1, 0.15) is 71.1 Å². The summed E-state index contributed by atoms with van der Waals surface area (Å²) in [6.45, 7) is 2.27. The van der Waals surface area contributed by atoms with E-state index in [0.29, 0.717) is 5.38 Å². The number of rotatable bonds is 9. The van der Waals surface area contributed by atoms with Gasteiger partial charge in [0.2, 0.25) is 0 Å². The van der Waals surface area contributed by atoms with Gasteiger partial charge in [0.1, 0.15) is 0 Å². The first kappa shape index (κ1) is 12.4. The fraction of sp³-hybridized carbons (Fsp3) is 1.00. The second kappa shape index (κ2) is 7.56. The van der Waals surface area contributed by atoms with E-state index in [0.717, 1.165) is 5.92 Å². The summed E-state index contributed by atoms with van der Waals surface area (Å²) < 4.78 is 0. The van der Waals surface area contributed by atoms with Crippen LogP contribution in [0.4, 0.5) is 0 Å². The Bertz CT molecular complexity index is 129. The summed E-state index contributed by atoms with van der Waals surface area (Å²) in [6.07, 6.45) is 13.9. The van der Waals surface area contributed by atoms with Crippen molar-refractivity contribution in [2.75, 3.05) is 0 Å². The van der Waals surface area contributed by atoms with Gasteiger partial charge in [0, 0.05) is 5.38 Å². The van der Waals surface area contributed by atoms with Gasteiger partial charge in [0.05, 0.1) is 0 Å². The molecule has 1 aliphatic rings. The molecule has 0 saturated heterocycles. The van der Waals surface area contributed by atoms with Gasteiger partial charge in [0.15, 0.2) is 0 Å². The summed E-state index contributed by atoms with van der Waals surface area (Å²) in [4.78, 5) is 0. The summed E-state index contributed by atoms with van der Waals surface area (Å²) in [6, 6.07) is 0. The zero-order chi connectivity index (χ0) is 10.2. The fourth-order valence-electron chi connectivity index (χ4n) is 1.99. The number of unbranched alkanes of at least 4 members (excludes halogenated alkanes) is 6. The van der Waals surface area contributed by atoms with Gasteiger partial charge in [-0.1, -0.05) is 51.9 Å². The molecule has 1 saturated carbocycles. The zero-order valence-electron chi connectivity index (χ0n) is 9.60. The maximum atomic E-state index is 6.24. The fourth-order valence-corrected chi connectivity index (χ4v) is 2.40. The predicted molar refractivity (Wildman–Crippen MR) is 65.0 cm³/mol. The quantitative estimate of drug-likeness (QED) is 0.370. The minimum atomic E-state index is 0.505. The van der Waals surface area contributed by atoms with Gasteiger partial charge in [-0.25, -0.2) is 0 Å². The first-order valence-corrected chi connectivity index (χ1v) is 6.92. The molecule has 1 heteroatoms. The summed E-state index contributed by atoms with van der Waals surface area (Å²) in [5, 5.41) is 0.505. The SMILES string of the molecule is CCCCCCCCCC(Cl)C1CC1. The molecule has 0 aromatic rings. The van der Waals surface area contributed by atoms with E-state index in [1.165, 1.54) is 64.2 Å². The highest BCUT2D eigenvalue weighted by atomic mass is 35.5. The maximum Gasteiger partial charge on any atom is 0.0364 e. The standard InChI is InChI=1S/C13H25Cl/c1-2-3-4-5-6-7-8-9-13(14)12-10-11-12/h12-13H,2-11H2,1H3. The smallest absolute Gasteiger partial charge is 0.0364 e. The highest BCUT2D eigenvalue weighted by Gasteiger charge is 2.28. The lowest BCUT2D eigenvalue weighted by Gasteiger charge is -2.06. The Labute approximate surface area is 94.4 Å². The van der Waals surface area contributed by atoms with Gasteiger partial charge in [0.25, 0.3) is 0 Å². The van der Waals surface area contributed by atoms with E-state index in [-0.39, 0.29) is 0 Å². The van der Waals surface area contributed by atoms with Crippen LogP contribution in [-0.2, 0) is 0 Å². The molecule has 0 heterocycles. The van der Waals surface area contributed by atoms with Crippen LogP contribution in [-0.4, -0.2) is 5.38 Å². The molecule has 0 nitrogen and oxygen atoms in total. The molecule has 0 N–H and O–H groups in total. The summed E-state index contributed by atoms with van der Waals surface area (Å²) in [5.41, 5.74) is 0. The molecule has 0 amide bonds. The average molecular weight is 217 g/mol. The molecule has 1 atom stereocenters. The Morgan fingerprint density at radius 3 is 2.14 bits per heavy atom. The Balaban J connectivity index is 1.75. The van der Waals surface area contributed by atoms with E-state index < -0.39 is 0 Å². The van der Waals surface area contributed by atoms with Gasteiger partial charge in [-0.2, -0.15) is 0 Å². The zero-order valence-corrected chi connectivity index (χ0v) is 10.4. The second-order valence-electron chi connectivity index (χ2n) is 4.76. The van der Waals surface area contributed by atoms with Gasteiger partial charge >= 0.3 is 0 Å². The molecule has 0 aromatic carbocycles. The molecule has 1 rings (SSSR count). The van der Waals surface area contributed by atoms with E-state index in [1.54, 1.807) is 0 Å². The van der Waals surface area contributed by atoms with Crippen molar-refractivity contribution >= 4 is 11.6 Å². The van der Waals surface area contributed by atoms with Crippen LogP contribution in [0.2, 0.25) is 0 Å². The van der Waals surface area contributed by atoms with Gasteiger partial charge in [-0.3, -0.25) is 0 Å². The van der Waals surface area contributed by atoms with E-state index in [2.05, 4.69) is 6.92 Å². The number of halogens is 1. The molecule has 1 aliphatic carbocycles. The summed E-state index contributed by atoms with van der Waals surface area (Å²) in [7, 11) is 0. The van der Waals surface area contributed by atoms with Gasteiger partial charge in [-0.05, 0) is 25.2 Å². The molecule has 84 valence electrons. The van der Waals surface area contributed by atoms with Crippen molar-refractivity contribution in [1.29, 1.82) is 0 Å². The lowest BCUT2D eigenvalue weighted by atomic mass is 10.1. The molecule has 1 fully saturated rings. The maximum absolute atomic E-state index is 6.24. The van der Waals surface area contributed by atoms with Crippen LogP contribution >= 0.6 is 11.6 Å². The molecule has 1 unspecified atom stereocenters. The molecule has 0 aromatic heterocycles. The van der Waals surface area contributed by atoms with Crippen LogP contribution in [0.5, 0.6) is 0 Å². The molecular weight excluding hydrogens is 192 g/mol. The van der Waals surface area contributed by atoms with Crippen molar-refractivity contribution in [2.45, 2.75) is 76.5 Å². The van der Waals surface area contributed by atoms with Crippen molar-refractivity contribution < 1.29 is 0 Å². The molecule has 0 aliphatic heterocycles. The largest absolute Gasteiger partial charge is 0.123 e. The first-order chi connectivity index (χ1) is 6.84. The lowest BCUT2D eigenvalue weighted by Crippen LogP contribution is -2.00. The van der Waals surface area contributed by atoms with Crippen LogP contribution < -0.4 is 0 Å². The van der Waals surface area contributed by atoms with E-state index in [4.69, 9.17) is 11.6 Å². The van der Waals surface area contributed by atoms with Crippen LogP contribution in [0, 0.1) is 5.92 Å². The number of hydrogen-bond donors (Lipinski definition) is 0. The molecule has 0 radical (unpaired) electrons. The third kappa shape index (κ3) is 5.90. The normalized spacial score (nSPS) is 18.4. The minimum Gasteiger partial charge on any atom is -0.123 e. The van der Waals surface area contributed by atoms with Crippen LogP contribution in [0.15, 0.2) is 0 Å². The first-order valence-electron chi connectivity index (χ1n) is 6.48. The second-order valence-corrected chi connectivity index (χ2v) is 5.32. The highest BCUT2D eigenvalue weighted by Crippen LogP contribution is 2.37. The minimum absolute atomic E-state index is 0.505. The highest BCUT2D eigenvalue weighted by molar-refractivity contribution is 6.20. The average Bonchev–Trinajstić information content (AvgIpc) is 2.99. The topological polar surface area (TPSA) is 0 Å². The third-order valence-corrected chi connectivity index (χ3v) is 3.79. The van der Waals surface area contributed by atoms with Crippen LogP contribution in [0.25, 0.3) is 0 Å². The summed E-state index contributed by atoms with van der Waals surface area (Å²) in [5.74, 6) is 0.886. The monoisotopic (exact) mass is 216 g/mol. The molecule has 14 heavy (non-hydrogen) atoms. The van der Waals surface area contributed by atoms with E-state index >= 15 is 0 Å². The van der Waals surface area contributed by atoms with Crippen LogP contribution in [0.3, 0.4) is 0 Å². The van der Waals surface area contributed by atoms with Crippen molar-refractivity contribution in [1.82, 2.24) is 0 Å². The number of hydrogen-bond acceptors (Lipinski definition) is 0. The Hall–Kier alpha value is 0.290. The Morgan fingerprint density at radius 1 is 1.00 bits per heavy atom. The summed E-state index contributed by atoms with van der Waals surface area (Å²) >= 11 is 6.24. The van der Waals surface area contributed by atoms with Gasteiger partial charge in [-0.15, -0.1) is 11.6 Å². The van der Waals surface area contributed by atoms with Crippen molar-refractivity contribution in [2.24, 2.45) is 5.92 Å². The van der Waals surface area contributed by atoms with Gasteiger partial charge < -0.3 is 0 Å². The third-order valence-electron chi connectivity index (χ3n) is 3.22. The Kier molecular flexibility index (Phi) is 6.68. The molecular formula is C13H25Cl. The van der Waals surface area contributed by atoms with E-state index in [9.17, 15) is 0 Å².